The van der Waals surface area contributed by atoms with Gasteiger partial charge in [0.1, 0.15) is 5.54 Å². The number of anilines is 2. The molecule has 1 atom stereocenters. The highest BCUT2D eigenvalue weighted by molar-refractivity contribution is 6.02. The summed E-state index contributed by atoms with van der Waals surface area (Å²) in [7, 11) is 1.81. The van der Waals surface area contributed by atoms with Gasteiger partial charge in [0.25, 0.3) is 0 Å². The normalized spacial score (nSPS) is 22.8. The van der Waals surface area contributed by atoms with Crippen LogP contribution in [0.5, 0.6) is 0 Å². The standard InChI is InChI=1S/C21H27N5O2/c1-16-5-7-17(8-6-16)26-13-4-11-21(20(26)28)10-3-12-25(21)15-19(27)22-18-9-14-24(2)23-18/h5-9,14H,3-4,10-13,15H2,1-2H3,(H,22,23,27). The quantitative estimate of drug-likeness (QED) is 0.882. The van der Waals surface area contributed by atoms with Gasteiger partial charge in [-0.3, -0.25) is 19.2 Å². The van der Waals surface area contributed by atoms with Crippen LogP contribution < -0.4 is 10.2 Å². The number of hydrogen-bond donors (Lipinski definition) is 1. The van der Waals surface area contributed by atoms with Crippen LogP contribution in [0.4, 0.5) is 11.5 Å². The molecule has 0 bridgehead atoms. The van der Waals surface area contributed by atoms with E-state index in [0.29, 0.717) is 5.82 Å². The molecule has 1 N–H and O–H groups in total. The van der Waals surface area contributed by atoms with Gasteiger partial charge in [-0.1, -0.05) is 17.7 Å². The molecule has 2 aliphatic rings. The molecular weight excluding hydrogens is 354 g/mol. The molecule has 1 aromatic heterocycles. The molecule has 3 heterocycles. The van der Waals surface area contributed by atoms with Crippen LogP contribution in [0.3, 0.4) is 0 Å². The molecule has 7 nitrogen and oxygen atoms in total. The number of hydrogen-bond acceptors (Lipinski definition) is 4. The summed E-state index contributed by atoms with van der Waals surface area (Å²) in [4.78, 5) is 30.1. The molecule has 2 amide bonds. The van der Waals surface area contributed by atoms with Gasteiger partial charge in [-0.05, 0) is 51.3 Å². The molecular formula is C21H27N5O2. The monoisotopic (exact) mass is 381 g/mol. The summed E-state index contributed by atoms with van der Waals surface area (Å²) in [6.45, 7) is 3.76. The van der Waals surface area contributed by atoms with Crippen LogP contribution in [0.25, 0.3) is 0 Å². The van der Waals surface area contributed by atoms with Gasteiger partial charge in [0.15, 0.2) is 5.82 Å². The number of piperidine rings is 1. The Labute approximate surface area is 165 Å². The van der Waals surface area contributed by atoms with E-state index < -0.39 is 5.54 Å². The van der Waals surface area contributed by atoms with E-state index in [1.165, 1.54) is 5.56 Å². The van der Waals surface area contributed by atoms with Gasteiger partial charge in [-0.2, -0.15) is 5.10 Å². The van der Waals surface area contributed by atoms with E-state index in [-0.39, 0.29) is 18.4 Å². The second-order valence-electron chi connectivity index (χ2n) is 7.88. The molecule has 4 rings (SSSR count). The van der Waals surface area contributed by atoms with Gasteiger partial charge in [-0.15, -0.1) is 0 Å². The molecule has 1 spiro atoms. The van der Waals surface area contributed by atoms with E-state index in [2.05, 4.69) is 15.3 Å². The van der Waals surface area contributed by atoms with Crippen molar-refractivity contribution in [2.45, 2.75) is 38.1 Å². The van der Waals surface area contributed by atoms with Crippen LogP contribution in [0.2, 0.25) is 0 Å². The molecule has 2 aliphatic heterocycles. The number of likely N-dealkylation sites (tertiary alicyclic amines) is 1. The number of nitrogens with one attached hydrogen (secondary N) is 1. The summed E-state index contributed by atoms with van der Waals surface area (Å²) in [6.07, 6.45) is 5.29. The largest absolute Gasteiger partial charge is 0.311 e. The molecule has 2 aromatic rings. The fourth-order valence-electron chi connectivity index (χ4n) is 4.49. The maximum atomic E-state index is 13.5. The number of benzene rings is 1. The molecule has 2 fully saturated rings. The van der Waals surface area contributed by atoms with Crippen molar-refractivity contribution >= 4 is 23.3 Å². The van der Waals surface area contributed by atoms with Crippen LogP contribution in [0, 0.1) is 6.92 Å². The molecule has 0 saturated carbocycles. The Balaban J connectivity index is 1.50. The minimum Gasteiger partial charge on any atom is -0.311 e. The van der Waals surface area contributed by atoms with E-state index in [0.717, 1.165) is 44.5 Å². The van der Waals surface area contributed by atoms with Crippen molar-refractivity contribution in [2.24, 2.45) is 7.05 Å². The first-order valence-electron chi connectivity index (χ1n) is 9.91. The number of aromatic nitrogens is 2. The third-order valence-electron chi connectivity index (χ3n) is 5.90. The van der Waals surface area contributed by atoms with E-state index in [9.17, 15) is 9.59 Å². The fourth-order valence-corrected chi connectivity index (χ4v) is 4.49. The summed E-state index contributed by atoms with van der Waals surface area (Å²) in [5.74, 6) is 0.544. The Bertz CT molecular complexity index is 875. The van der Waals surface area contributed by atoms with Gasteiger partial charge in [-0.25, -0.2) is 0 Å². The van der Waals surface area contributed by atoms with Gasteiger partial charge in [0.05, 0.1) is 6.54 Å². The van der Waals surface area contributed by atoms with E-state index in [1.54, 1.807) is 16.9 Å². The minimum atomic E-state index is -0.565. The summed E-state index contributed by atoms with van der Waals surface area (Å²) in [5.41, 5.74) is 1.56. The SMILES string of the molecule is Cc1ccc(N2CCCC3(CCCN3CC(=O)Nc3ccn(C)n3)C2=O)cc1. The first-order valence-corrected chi connectivity index (χ1v) is 9.91. The summed E-state index contributed by atoms with van der Waals surface area (Å²) >= 11 is 0. The lowest BCUT2D eigenvalue weighted by Crippen LogP contribution is -2.61. The van der Waals surface area contributed by atoms with Crippen molar-refractivity contribution in [1.29, 1.82) is 0 Å². The Kier molecular flexibility index (Phi) is 4.93. The zero-order chi connectivity index (χ0) is 19.7. The maximum Gasteiger partial charge on any atom is 0.247 e. The topological polar surface area (TPSA) is 70.5 Å². The third kappa shape index (κ3) is 3.42. The number of rotatable bonds is 4. The average Bonchev–Trinajstić information content (AvgIpc) is 3.25. The van der Waals surface area contributed by atoms with Gasteiger partial charge in [0, 0.05) is 31.5 Å². The predicted octanol–water partition coefficient (Wildman–Crippen LogP) is 2.33. The molecule has 1 unspecified atom stereocenters. The summed E-state index contributed by atoms with van der Waals surface area (Å²) in [5, 5.41) is 7.03. The molecule has 2 saturated heterocycles. The molecule has 28 heavy (non-hydrogen) atoms. The number of aryl methyl sites for hydroxylation is 2. The lowest BCUT2D eigenvalue weighted by Gasteiger charge is -2.44. The highest BCUT2D eigenvalue weighted by atomic mass is 16.2. The Morgan fingerprint density at radius 3 is 2.54 bits per heavy atom. The van der Waals surface area contributed by atoms with Gasteiger partial charge in [0.2, 0.25) is 11.8 Å². The van der Waals surface area contributed by atoms with Crippen molar-refractivity contribution in [2.75, 3.05) is 29.9 Å². The molecule has 1 aromatic carbocycles. The third-order valence-corrected chi connectivity index (χ3v) is 5.90. The van der Waals surface area contributed by atoms with Crippen molar-refractivity contribution in [1.82, 2.24) is 14.7 Å². The van der Waals surface area contributed by atoms with Crippen molar-refractivity contribution < 1.29 is 9.59 Å². The van der Waals surface area contributed by atoms with Crippen LogP contribution in [-0.2, 0) is 16.6 Å². The number of nitrogens with zero attached hydrogens (tertiary/aromatic N) is 4. The first-order chi connectivity index (χ1) is 13.5. The molecule has 0 radical (unpaired) electrons. The highest BCUT2D eigenvalue weighted by Gasteiger charge is 2.51. The smallest absolute Gasteiger partial charge is 0.247 e. The van der Waals surface area contributed by atoms with E-state index in [1.807, 2.05) is 43.1 Å². The lowest BCUT2D eigenvalue weighted by atomic mass is 9.85. The van der Waals surface area contributed by atoms with Gasteiger partial charge < -0.3 is 10.2 Å². The fraction of sp³-hybridized carbons (Fsp3) is 0.476. The summed E-state index contributed by atoms with van der Waals surface area (Å²) in [6, 6.07) is 9.87. The molecule has 0 aliphatic carbocycles. The molecule has 148 valence electrons. The van der Waals surface area contributed by atoms with E-state index >= 15 is 0 Å². The van der Waals surface area contributed by atoms with Crippen molar-refractivity contribution in [3.63, 3.8) is 0 Å². The molecule has 7 heteroatoms. The van der Waals surface area contributed by atoms with Crippen LogP contribution in [0.15, 0.2) is 36.5 Å². The highest BCUT2D eigenvalue weighted by Crippen LogP contribution is 2.39. The average molecular weight is 381 g/mol. The van der Waals surface area contributed by atoms with Crippen molar-refractivity contribution in [3.8, 4) is 0 Å². The second kappa shape index (κ2) is 7.39. The Morgan fingerprint density at radius 1 is 1.14 bits per heavy atom. The zero-order valence-corrected chi connectivity index (χ0v) is 16.5. The van der Waals surface area contributed by atoms with Crippen LogP contribution in [0.1, 0.15) is 31.2 Å². The number of amides is 2. The second-order valence-corrected chi connectivity index (χ2v) is 7.88. The van der Waals surface area contributed by atoms with Crippen LogP contribution in [-0.4, -0.2) is 51.7 Å². The number of carbonyl (C=O) groups is 2. The maximum absolute atomic E-state index is 13.5. The van der Waals surface area contributed by atoms with Gasteiger partial charge >= 0.3 is 0 Å². The lowest BCUT2D eigenvalue weighted by molar-refractivity contribution is -0.132. The Morgan fingerprint density at radius 2 is 1.86 bits per heavy atom. The summed E-state index contributed by atoms with van der Waals surface area (Å²) < 4.78 is 1.65. The minimum absolute atomic E-state index is 0.125. The Hall–Kier alpha value is -2.67. The predicted molar refractivity (Wildman–Crippen MR) is 108 cm³/mol. The number of carbonyl (C=O) groups excluding carboxylic acids is 2. The van der Waals surface area contributed by atoms with E-state index in [4.69, 9.17) is 0 Å². The van der Waals surface area contributed by atoms with Crippen LogP contribution >= 0.6 is 0 Å². The first kappa shape index (κ1) is 18.7. The zero-order valence-electron chi connectivity index (χ0n) is 16.5. The van der Waals surface area contributed by atoms with Crippen molar-refractivity contribution in [3.05, 3.63) is 42.1 Å².